The zero-order valence-electron chi connectivity index (χ0n) is 19.9. The molecule has 2 unspecified atom stereocenters. The predicted octanol–water partition coefficient (Wildman–Crippen LogP) is 3.83. The zero-order chi connectivity index (χ0) is 24.8. The Bertz CT molecular complexity index is 1030. The molecule has 8 heteroatoms. The number of ether oxygens (including phenoxy) is 2. The molecular formula is C27H32N2O6. The van der Waals surface area contributed by atoms with Gasteiger partial charge < -0.3 is 25.2 Å². The highest BCUT2D eigenvalue weighted by molar-refractivity contribution is 5.91. The second-order valence-electron chi connectivity index (χ2n) is 9.25. The van der Waals surface area contributed by atoms with Gasteiger partial charge in [-0.1, -0.05) is 68.3 Å². The molecule has 1 aliphatic carbocycles. The molecule has 35 heavy (non-hydrogen) atoms. The third-order valence-electron chi connectivity index (χ3n) is 6.80. The molecule has 2 atom stereocenters. The van der Waals surface area contributed by atoms with Crippen molar-refractivity contribution in [3.05, 3.63) is 59.7 Å². The minimum Gasteiger partial charge on any atom is -0.481 e. The van der Waals surface area contributed by atoms with Gasteiger partial charge in [0.25, 0.3) is 0 Å². The molecule has 0 aromatic heterocycles. The van der Waals surface area contributed by atoms with Crippen LogP contribution < -0.4 is 10.6 Å². The summed E-state index contributed by atoms with van der Waals surface area (Å²) >= 11 is 0. The summed E-state index contributed by atoms with van der Waals surface area (Å²) in [5.74, 6) is -1.51. The normalized spacial score (nSPS) is 19.5. The number of rotatable bonds is 10. The Hall–Kier alpha value is -3.39. The van der Waals surface area contributed by atoms with Gasteiger partial charge in [0.2, 0.25) is 5.91 Å². The summed E-state index contributed by atoms with van der Waals surface area (Å²) in [6.07, 6.45) is 1.65. The Morgan fingerprint density at radius 2 is 1.77 bits per heavy atom. The molecule has 2 aliphatic rings. The van der Waals surface area contributed by atoms with E-state index < -0.39 is 29.6 Å². The topological polar surface area (TPSA) is 114 Å². The molecule has 1 fully saturated rings. The number of unbranched alkanes of at least 4 members (excludes halogenated alkanes) is 1. The Balaban J connectivity index is 1.42. The largest absolute Gasteiger partial charge is 0.481 e. The van der Waals surface area contributed by atoms with Crippen LogP contribution >= 0.6 is 0 Å². The number of hydrogen-bond acceptors (Lipinski definition) is 5. The summed E-state index contributed by atoms with van der Waals surface area (Å²) in [4.78, 5) is 37.3. The number of benzene rings is 2. The van der Waals surface area contributed by atoms with Gasteiger partial charge in [-0.15, -0.1) is 0 Å². The van der Waals surface area contributed by atoms with Crippen molar-refractivity contribution in [3.63, 3.8) is 0 Å². The number of hydrogen-bond donors (Lipinski definition) is 3. The van der Waals surface area contributed by atoms with Crippen molar-refractivity contribution < 1.29 is 29.0 Å². The van der Waals surface area contributed by atoms with Crippen LogP contribution in [0.3, 0.4) is 0 Å². The molecule has 0 saturated carbocycles. The lowest BCUT2D eigenvalue weighted by atomic mass is 9.96. The van der Waals surface area contributed by atoms with E-state index in [0.29, 0.717) is 13.0 Å². The molecule has 1 heterocycles. The molecule has 0 bridgehead atoms. The summed E-state index contributed by atoms with van der Waals surface area (Å²) < 4.78 is 11.1. The molecular weight excluding hydrogens is 448 g/mol. The fraction of sp³-hybridized carbons (Fsp3) is 0.444. The van der Waals surface area contributed by atoms with E-state index in [2.05, 4.69) is 22.8 Å². The predicted molar refractivity (Wildman–Crippen MR) is 130 cm³/mol. The number of carboxylic acid groups (broad SMARTS) is 1. The van der Waals surface area contributed by atoms with Crippen molar-refractivity contribution in [1.82, 2.24) is 10.6 Å². The number of carbonyl (C=O) groups excluding carboxylic acids is 2. The fourth-order valence-electron chi connectivity index (χ4n) is 4.94. The monoisotopic (exact) mass is 480 g/mol. The standard InChI is InChI=1S/C27H32N2O6/c1-2-3-8-18(15-24(30)31)28-25(32)27(13-14-34-17-27)29-26(33)35-16-23-21-11-6-4-9-19(21)20-10-5-7-12-22(20)23/h4-7,9-12,18,23H,2-3,8,13-17H2,1H3,(H,28,32)(H,29,33)(H,30,31). The van der Waals surface area contributed by atoms with Crippen LogP contribution in [0, 0.1) is 0 Å². The van der Waals surface area contributed by atoms with E-state index in [0.717, 1.165) is 35.1 Å². The van der Waals surface area contributed by atoms with Crippen molar-refractivity contribution >= 4 is 18.0 Å². The molecule has 0 radical (unpaired) electrons. The van der Waals surface area contributed by atoms with Crippen LogP contribution in [0.15, 0.2) is 48.5 Å². The summed E-state index contributed by atoms with van der Waals surface area (Å²) in [7, 11) is 0. The molecule has 3 N–H and O–H groups in total. The first kappa shape index (κ1) is 24.7. The number of carboxylic acids is 1. The smallest absolute Gasteiger partial charge is 0.408 e. The van der Waals surface area contributed by atoms with Crippen molar-refractivity contribution in [2.75, 3.05) is 19.8 Å². The Labute approximate surface area is 205 Å². The molecule has 2 amide bonds. The maximum atomic E-state index is 13.2. The third-order valence-corrected chi connectivity index (χ3v) is 6.80. The minimum atomic E-state index is -1.29. The average molecular weight is 481 g/mol. The average Bonchev–Trinajstić information content (AvgIpc) is 3.44. The van der Waals surface area contributed by atoms with E-state index in [1.807, 2.05) is 43.3 Å². The second kappa shape index (κ2) is 10.9. The van der Waals surface area contributed by atoms with E-state index in [-0.39, 0.29) is 32.0 Å². The first-order valence-electron chi connectivity index (χ1n) is 12.2. The van der Waals surface area contributed by atoms with Crippen LogP contribution in [0.25, 0.3) is 11.1 Å². The number of carbonyl (C=O) groups is 3. The van der Waals surface area contributed by atoms with E-state index in [1.165, 1.54) is 0 Å². The maximum Gasteiger partial charge on any atom is 0.408 e. The van der Waals surface area contributed by atoms with Gasteiger partial charge in [-0.3, -0.25) is 9.59 Å². The Morgan fingerprint density at radius 3 is 2.34 bits per heavy atom. The van der Waals surface area contributed by atoms with Gasteiger partial charge in [-0.25, -0.2) is 4.79 Å². The lowest BCUT2D eigenvalue weighted by Crippen LogP contribution is -2.61. The first-order valence-corrected chi connectivity index (χ1v) is 12.2. The van der Waals surface area contributed by atoms with Gasteiger partial charge in [0.05, 0.1) is 13.0 Å². The number of amides is 2. The van der Waals surface area contributed by atoms with Crippen molar-refractivity contribution in [3.8, 4) is 11.1 Å². The van der Waals surface area contributed by atoms with Crippen LogP contribution in [-0.4, -0.2) is 54.5 Å². The number of aliphatic carboxylic acids is 1. The highest BCUT2D eigenvalue weighted by Gasteiger charge is 2.45. The summed E-state index contributed by atoms with van der Waals surface area (Å²) in [6.45, 7) is 2.47. The lowest BCUT2D eigenvalue weighted by Gasteiger charge is -2.29. The first-order chi connectivity index (χ1) is 16.9. The molecule has 2 aromatic rings. The number of nitrogens with one attached hydrogen (secondary N) is 2. The second-order valence-corrected chi connectivity index (χ2v) is 9.25. The summed E-state index contributed by atoms with van der Waals surface area (Å²) in [5.41, 5.74) is 3.18. The van der Waals surface area contributed by atoms with E-state index in [4.69, 9.17) is 9.47 Å². The van der Waals surface area contributed by atoms with Gasteiger partial charge >= 0.3 is 12.1 Å². The zero-order valence-corrected chi connectivity index (χ0v) is 19.9. The van der Waals surface area contributed by atoms with Gasteiger partial charge in [0.15, 0.2) is 0 Å². The Morgan fingerprint density at radius 1 is 1.11 bits per heavy atom. The number of alkyl carbamates (subject to hydrolysis) is 1. The summed E-state index contributed by atoms with van der Waals surface area (Å²) in [6, 6.07) is 15.6. The van der Waals surface area contributed by atoms with E-state index in [9.17, 15) is 19.5 Å². The molecule has 186 valence electrons. The molecule has 8 nitrogen and oxygen atoms in total. The molecule has 1 aliphatic heterocycles. The summed E-state index contributed by atoms with van der Waals surface area (Å²) in [5, 5.41) is 14.8. The van der Waals surface area contributed by atoms with Gasteiger partial charge in [-0.05, 0) is 28.7 Å². The Kier molecular flexibility index (Phi) is 7.70. The van der Waals surface area contributed by atoms with E-state index >= 15 is 0 Å². The highest BCUT2D eigenvalue weighted by Crippen LogP contribution is 2.44. The molecule has 2 aromatic carbocycles. The van der Waals surface area contributed by atoms with Gasteiger partial charge in [-0.2, -0.15) is 0 Å². The SMILES string of the molecule is CCCCC(CC(=O)O)NC(=O)C1(NC(=O)OCC2c3ccccc3-c3ccccc32)CCOC1. The molecule has 4 rings (SSSR count). The maximum absolute atomic E-state index is 13.2. The van der Waals surface area contributed by atoms with Crippen molar-refractivity contribution in [2.45, 2.75) is 56.5 Å². The molecule has 1 saturated heterocycles. The van der Waals surface area contributed by atoms with Crippen molar-refractivity contribution in [1.29, 1.82) is 0 Å². The number of fused-ring (bicyclic) bond motifs is 3. The van der Waals surface area contributed by atoms with Crippen LogP contribution in [0.4, 0.5) is 4.79 Å². The van der Waals surface area contributed by atoms with Crippen LogP contribution in [0.1, 0.15) is 56.1 Å². The minimum absolute atomic E-state index is 0.0105. The lowest BCUT2D eigenvalue weighted by molar-refractivity contribution is -0.138. The van der Waals surface area contributed by atoms with Crippen molar-refractivity contribution in [2.24, 2.45) is 0 Å². The van der Waals surface area contributed by atoms with Crippen LogP contribution in [0.5, 0.6) is 0 Å². The van der Waals surface area contributed by atoms with Gasteiger partial charge in [0.1, 0.15) is 12.1 Å². The van der Waals surface area contributed by atoms with E-state index in [1.54, 1.807) is 0 Å². The van der Waals surface area contributed by atoms with Crippen LogP contribution in [0.2, 0.25) is 0 Å². The molecule has 0 spiro atoms. The highest BCUT2D eigenvalue weighted by atomic mass is 16.6. The van der Waals surface area contributed by atoms with Crippen LogP contribution in [-0.2, 0) is 19.1 Å². The third kappa shape index (κ3) is 5.48. The quantitative estimate of drug-likeness (QED) is 0.476. The fourth-order valence-corrected chi connectivity index (χ4v) is 4.94. The van der Waals surface area contributed by atoms with Gasteiger partial charge in [0, 0.05) is 25.0 Å².